The van der Waals surface area contributed by atoms with Crippen molar-refractivity contribution in [1.82, 2.24) is 14.4 Å². The number of benzene rings is 2. The van der Waals surface area contributed by atoms with Crippen molar-refractivity contribution in [1.29, 1.82) is 0 Å². The second-order valence-corrected chi connectivity index (χ2v) is 6.03. The molecular weight excluding hydrogens is 345 g/mol. The fourth-order valence-electron chi connectivity index (χ4n) is 1.92. The highest BCUT2D eigenvalue weighted by atomic mass is 32.2. The Kier molecular flexibility index (Phi) is 3.32. The average Bonchev–Trinajstić information content (AvgIpc) is 2.96. The molecule has 3 aromatic rings. The molecule has 1 heterocycles. The van der Waals surface area contributed by atoms with Crippen LogP contribution in [0.5, 0.6) is 0 Å². The molecule has 120 valence electrons. The lowest BCUT2D eigenvalue weighted by Crippen LogP contribution is -2.20. The van der Waals surface area contributed by atoms with Gasteiger partial charge in [-0.05, 0) is 12.1 Å². The van der Waals surface area contributed by atoms with Crippen molar-refractivity contribution in [3.63, 3.8) is 0 Å². The van der Waals surface area contributed by atoms with Gasteiger partial charge in [0, 0.05) is 0 Å². The van der Waals surface area contributed by atoms with E-state index in [1.807, 2.05) is 0 Å². The van der Waals surface area contributed by atoms with Crippen LogP contribution in [0.25, 0.3) is 11.0 Å². The van der Waals surface area contributed by atoms with Gasteiger partial charge in [0.2, 0.25) is 5.82 Å². The summed E-state index contributed by atoms with van der Waals surface area (Å²) < 4.78 is 91.6. The number of nitrogens with zero attached hydrogens (tertiary/aromatic N) is 3. The molecule has 23 heavy (non-hydrogen) atoms. The molecule has 0 amide bonds. The van der Waals surface area contributed by atoms with Crippen molar-refractivity contribution in [2.75, 3.05) is 0 Å². The molecule has 0 aliphatic rings. The standard InChI is InChI=1S/C12H4F5N3O2S/c13-7-8(14)10(16)12(11(17)9(7)15)23(21,22)20-6-4-2-1-3-5(6)18-19-20/h1-4H. The van der Waals surface area contributed by atoms with Gasteiger partial charge in [0.15, 0.2) is 28.2 Å². The summed E-state index contributed by atoms with van der Waals surface area (Å²) in [6, 6.07) is 5.44. The zero-order valence-corrected chi connectivity index (χ0v) is 11.6. The van der Waals surface area contributed by atoms with Gasteiger partial charge in [-0.25, -0.2) is 22.0 Å². The fourth-order valence-corrected chi connectivity index (χ4v) is 3.27. The van der Waals surface area contributed by atoms with E-state index in [9.17, 15) is 30.4 Å². The first-order chi connectivity index (χ1) is 10.8. The summed E-state index contributed by atoms with van der Waals surface area (Å²) in [5.74, 6) is -12.1. The van der Waals surface area contributed by atoms with Crippen LogP contribution in [-0.2, 0) is 10.0 Å². The predicted octanol–water partition coefficient (Wildman–Crippen LogP) is 2.36. The maximum Gasteiger partial charge on any atom is 0.291 e. The van der Waals surface area contributed by atoms with E-state index < -0.39 is 44.0 Å². The Bertz CT molecular complexity index is 1020. The lowest BCUT2D eigenvalue weighted by Gasteiger charge is -2.09. The minimum absolute atomic E-state index is 0.0555. The molecule has 3 rings (SSSR count). The van der Waals surface area contributed by atoms with Gasteiger partial charge in [0.05, 0.1) is 0 Å². The molecule has 0 saturated carbocycles. The van der Waals surface area contributed by atoms with Crippen molar-refractivity contribution in [3.05, 3.63) is 53.4 Å². The summed E-state index contributed by atoms with van der Waals surface area (Å²) in [5.41, 5.74) is -0.128. The fraction of sp³-hybridized carbons (Fsp3) is 0. The van der Waals surface area contributed by atoms with Crippen LogP contribution in [0, 0.1) is 29.1 Å². The minimum Gasteiger partial charge on any atom is -0.202 e. The molecular formula is C12H4F5N3O2S. The van der Waals surface area contributed by atoms with E-state index in [-0.39, 0.29) is 15.1 Å². The van der Waals surface area contributed by atoms with Crippen LogP contribution in [0.4, 0.5) is 22.0 Å². The van der Waals surface area contributed by atoms with Crippen LogP contribution >= 0.6 is 0 Å². The number of halogens is 5. The molecule has 2 aromatic carbocycles. The zero-order valence-electron chi connectivity index (χ0n) is 10.8. The third-order valence-corrected chi connectivity index (χ3v) is 4.58. The Morgan fingerprint density at radius 1 is 0.826 bits per heavy atom. The van der Waals surface area contributed by atoms with Crippen LogP contribution in [0.2, 0.25) is 0 Å². The van der Waals surface area contributed by atoms with Gasteiger partial charge in [-0.2, -0.15) is 8.42 Å². The Hall–Kier alpha value is -2.56. The monoisotopic (exact) mass is 349 g/mol. The minimum atomic E-state index is -5.20. The molecule has 0 aliphatic carbocycles. The normalized spacial score (nSPS) is 12.0. The molecule has 0 saturated heterocycles. The zero-order chi connectivity index (χ0) is 16.9. The SMILES string of the molecule is O=S(=O)(c1c(F)c(F)c(F)c(F)c1F)n1nnc2ccccc21. The van der Waals surface area contributed by atoms with Crippen molar-refractivity contribution in [3.8, 4) is 0 Å². The largest absolute Gasteiger partial charge is 0.291 e. The third kappa shape index (κ3) is 2.07. The lowest BCUT2D eigenvalue weighted by atomic mass is 10.3. The Morgan fingerprint density at radius 2 is 1.35 bits per heavy atom. The summed E-state index contributed by atoms with van der Waals surface area (Å²) >= 11 is 0. The van der Waals surface area contributed by atoms with E-state index in [1.165, 1.54) is 24.3 Å². The number of para-hydroxylation sites is 1. The molecule has 0 bridgehead atoms. The highest BCUT2D eigenvalue weighted by Gasteiger charge is 2.35. The molecule has 0 aliphatic heterocycles. The van der Waals surface area contributed by atoms with Crippen LogP contribution in [0.3, 0.4) is 0 Å². The summed E-state index contributed by atoms with van der Waals surface area (Å²) in [4.78, 5) is -2.00. The molecule has 0 fully saturated rings. The summed E-state index contributed by atoms with van der Waals surface area (Å²) in [5, 5.41) is 6.67. The van der Waals surface area contributed by atoms with Crippen molar-refractivity contribution >= 4 is 21.1 Å². The van der Waals surface area contributed by atoms with Gasteiger partial charge >= 0.3 is 0 Å². The number of hydrogen-bond donors (Lipinski definition) is 0. The number of hydrogen-bond acceptors (Lipinski definition) is 4. The van der Waals surface area contributed by atoms with Gasteiger partial charge in [0.1, 0.15) is 11.0 Å². The number of aromatic nitrogens is 3. The second-order valence-electron chi connectivity index (χ2n) is 4.33. The Morgan fingerprint density at radius 3 is 1.96 bits per heavy atom. The average molecular weight is 349 g/mol. The Balaban J connectivity index is 2.38. The molecule has 5 nitrogen and oxygen atoms in total. The number of fused-ring (bicyclic) bond motifs is 1. The second kappa shape index (κ2) is 4.98. The molecule has 11 heteroatoms. The van der Waals surface area contributed by atoms with E-state index >= 15 is 0 Å². The van der Waals surface area contributed by atoms with E-state index in [0.717, 1.165) is 0 Å². The van der Waals surface area contributed by atoms with E-state index in [0.29, 0.717) is 0 Å². The number of rotatable bonds is 2. The summed E-state index contributed by atoms with van der Waals surface area (Å²) in [6.07, 6.45) is 0. The van der Waals surface area contributed by atoms with Gasteiger partial charge in [-0.1, -0.05) is 17.3 Å². The van der Waals surface area contributed by atoms with Gasteiger partial charge in [-0.3, -0.25) is 0 Å². The third-order valence-electron chi connectivity index (χ3n) is 2.98. The first-order valence-corrected chi connectivity index (χ1v) is 7.28. The summed E-state index contributed by atoms with van der Waals surface area (Å²) in [7, 11) is -5.20. The molecule has 0 radical (unpaired) electrons. The molecule has 0 spiro atoms. The summed E-state index contributed by atoms with van der Waals surface area (Å²) in [6.45, 7) is 0. The smallest absolute Gasteiger partial charge is 0.202 e. The van der Waals surface area contributed by atoms with Crippen LogP contribution in [0.1, 0.15) is 0 Å². The lowest BCUT2D eigenvalue weighted by molar-refractivity contribution is 0.357. The maximum atomic E-state index is 13.7. The van der Waals surface area contributed by atoms with E-state index in [1.54, 1.807) is 0 Å². The van der Waals surface area contributed by atoms with Crippen LogP contribution in [-0.4, -0.2) is 22.8 Å². The molecule has 0 atom stereocenters. The quantitative estimate of drug-likeness (QED) is 0.405. The van der Waals surface area contributed by atoms with Gasteiger partial charge in [-0.15, -0.1) is 9.19 Å². The maximum absolute atomic E-state index is 13.7. The van der Waals surface area contributed by atoms with Crippen molar-refractivity contribution in [2.24, 2.45) is 0 Å². The highest BCUT2D eigenvalue weighted by Crippen LogP contribution is 2.29. The van der Waals surface area contributed by atoms with Crippen molar-refractivity contribution in [2.45, 2.75) is 4.90 Å². The van der Waals surface area contributed by atoms with Gasteiger partial charge in [0.25, 0.3) is 10.0 Å². The molecule has 1 aromatic heterocycles. The highest BCUT2D eigenvalue weighted by molar-refractivity contribution is 7.90. The molecule has 0 unspecified atom stereocenters. The predicted molar refractivity (Wildman–Crippen MR) is 66.3 cm³/mol. The first kappa shape index (κ1) is 15.3. The first-order valence-electron chi connectivity index (χ1n) is 5.84. The molecule has 0 N–H and O–H groups in total. The van der Waals surface area contributed by atoms with E-state index in [4.69, 9.17) is 0 Å². The topological polar surface area (TPSA) is 64.8 Å². The van der Waals surface area contributed by atoms with Crippen molar-refractivity contribution < 1.29 is 30.4 Å². The van der Waals surface area contributed by atoms with E-state index in [2.05, 4.69) is 10.3 Å². The van der Waals surface area contributed by atoms with Gasteiger partial charge < -0.3 is 0 Å². The van der Waals surface area contributed by atoms with Crippen LogP contribution < -0.4 is 0 Å². The Labute approximate surface area is 125 Å². The van der Waals surface area contributed by atoms with Crippen LogP contribution in [0.15, 0.2) is 29.2 Å².